The molecular weight excluding hydrogens is 314 g/mol. The van der Waals surface area contributed by atoms with Crippen LogP contribution in [0.2, 0.25) is 0 Å². The van der Waals surface area contributed by atoms with E-state index in [0.717, 1.165) is 48.3 Å². The number of rotatable bonds is 5. The highest BCUT2D eigenvalue weighted by atomic mass is 16.5. The number of nitrogens with zero attached hydrogens (tertiary/aromatic N) is 1. The van der Waals surface area contributed by atoms with Gasteiger partial charge in [-0.25, -0.2) is 10.2 Å². The van der Waals surface area contributed by atoms with E-state index in [1.807, 2.05) is 31.2 Å². The van der Waals surface area contributed by atoms with Gasteiger partial charge in [-0.3, -0.25) is 0 Å². The summed E-state index contributed by atoms with van der Waals surface area (Å²) in [7, 11) is 0. The first-order chi connectivity index (χ1) is 12.1. The first-order valence-corrected chi connectivity index (χ1v) is 9.48. The number of benzene rings is 1. The Morgan fingerprint density at radius 1 is 1.16 bits per heavy atom. The molecule has 0 spiro atoms. The zero-order valence-corrected chi connectivity index (χ0v) is 14.8. The molecule has 5 rings (SSSR count). The maximum atomic E-state index is 12.3. The first kappa shape index (κ1) is 16.4. The highest BCUT2D eigenvalue weighted by Crippen LogP contribution is 2.55. The predicted octanol–water partition coefficient (Wildman–Crippen LogP) is 3.69. The lowest BCUT2D eigenvalue weighted by Crippen LogP contribution is -2.61. The minimum absolute atomic E-state index is 0.0213. The molecule has 0 radical (unpaired) electrons. The van der Waals surface area contributed by atoms with Crippen LogP contribution in [0.3, 0.4) is 0 Å². The fourth-order valence-electron chi connectivity index (χ4n) is 5.51. The molecular formula is C20H27N3O2. The molecule has 0 aliphatic heterocycles. The summed E-state index contributed by atoms with van der Waals surface area (Å²) in [5, 5.41) is 7.34. The summed E-state index contributed by atoms with van der Waals surface area (Å²) in [5.41, 5.74) is 3.58. The van der Waals surface area contributed by atoms with Crippen molar-refractivity contribution in [2.75, 3.05) is 6.61 Å². The second-order valence-electron chi connectivity index (χ2n) is 8.02. The number of ether oxygens (including phenoxy) is 1. The quantitative estimate of drug-likeness (QED) is 0.634. The van der Waals surface area contributed by atoms with Gasteiger partial charge in [-0.05, 0) is 93.0 Å². The second kappa shape index (κ2) is 6.70. The molecule has 4 saturated carbocycles. The summed E-state index contributed by atoms with van der Waals surface area (Å²) in [6.07, 6.45) is 9.23. The van der Waals surface area contributed by atoms with Crippen LogP contribution in [0.5, 0.6) is 5.75 Å². The third kappa shape index (κ3) is 3.65. The van der Waals surface area contributed by atoms with Crippen molar-refractivity contribution >= 4 is 12.2 Å². The van der Waals surface area contributed by atoms with E-state index in [-0.39, 0.29) is 11.6 Å². The molecule has 4 fully saturated rings. The zero-order valence-electron chi connectivity index (χ0n) is 14.8. The Bertz CT molecular complexity index is 618. The average Bonchev–Trinajstić information content (AvgIpc) is 2.55. The molecule has 0 aromatic heterocycles. The Kier molecular flexibility index (Phi) is 4.40. The fourth-order valence-corrected chi connectivity index (χ4v) is 5.51. The van der Waals surface area contributed by atoms with Crippen LogP contribution in [0.4, 0.5) is 4.79 Å². The topological polar surface area (TPSA) is 62.7 Å². The molecule has 0 unspecified atom stereocenters. The second-order valence-corrected chi connectivity index (χ2v) is 8.02. The summed E-state index contributed by atoms with van der Waals surface area (Å²) >= 11 is 0. The summed E-state index contributed by atoms with van der Waals surface area (Å²) in [5.74, 6) is 3.30. The maximum Gasteiger partial charge on any atom is 0.335 e. The molecule has 25 heavy (non-hydrogen) atoms. The smallest absolute Gasteiger partial charge is 0.335 e. The molecule has 4 bridgehead atoms. The van der Waals surface area contributed by atoms with Gasteiger partial charge in [0.05, 0.1) is 12.8 Å². The molecule has 5 nitrogen and oxygen atoms in total. The van der Waals surface area contributed by atoms with E-state index in [4.69, 9.17) is 4.74 Å². The van der Waals surface area contributed by atoms with Gasteiger partial charge in [-0.1, -0.05) is 0 Å². The van der Waals surface area contributed by atoms with Crippen LogP contribution in [0.1, 0.15) is 51.0 Å². The van der Waals surface area contributed by atoms with Crippen molar-refractivity contribution < 1.29 is 9.53 Å². The largest absolute Gasteiger partial charge is 0.494 e. The highest BCUT2D eigenvalue weighted by Gasteiger charge is 2.51. The van der Waals surface area contributed by atoms with Gasteiger partial charge in [0.1, 0.15) is 5.75 Å². The summed E-state index contributed by atoms with van der Waals surface area (Å²) in [6, 6.07) is 7.48. The standard InChI is InChI=1S/C20H27N3O2/c1-2-25-18-5-3-14(4-6-18)13-21-23-19(24)22-20-10-15-7-16(11-20)9-17(8-15)12-20/h3-6,13,15-17H,2,7-12H2,1H3,(H2,22,23,24). The molecule has 1 aromatic carbocycles. The molecule has 134 valence electrons. The monoisotopic (exact) mass is 341 g/mol. The fraction of sp³-hybridized carbons (Fsp3) is 0.600. The van der Waals surface area contributed by atoms with Crippen LogP contribution in [0.15, 0.2) is 29.4 Å². The van der Waals surface area contributed by atoms with Crippen molar-refractivity contribution in [1.82, 2.24) is 10.7 Å². The number of urea groups is 1. The summed E-state index contributed by atoms with van der Waals surface area (Å²) < 4.78 is 5.41. The third-order valence-corrected chi connectivity index (χ3v) is 5.99. The van der Waals surface area contributed by atoms with Crippen LogP contribution in [-0.2, 0) is 0 Å². The zero-order chi connectivity index (χ0) is 17.3. The minimum atomic E-state index is -0.177. The summed E-state index contributed by atoms with van der Waals surface area (Å²) in [4.78, 5) is 12.3. The summed E-state index contributed by atoms with van der Waals surface area (Å²) in [6.45, 7) is 2.61. The lowest BCUT2D eigenvalue weighted by molar-refractivity contribution is -0.0135. The van der Waals surface area contributed by atoms with Crippen molar-refractivity contribution in [3.8, 4) is 5.75 Å². The van der Waals surface area contributed by atoms with Gasteiger partial charge in [0.15, 0.2) is 0 Å². The molecule has 4 aliphatic carbocycles. The van der Waals surface area contributed by atoms with Gasteiger partial charge < -0.3 is 10.1 Å². The van der Waals surface area contributed by atoms with E-state index < -0.39 is 0 Å². The molecule has 0 saturated heterocycles. The number of carbonyl (C=O) groups is 1. The van der Waals surface area contributed by atoms with Crippen molar-refractivity contribution in [1.29, 1.82) is 0 Å². The van der Waals surface area contributed by atoms with Gasteiger partial charge in [0.2, 0.25) is 0 Å². The number of nitrogens with one attached hydrogen (secondary N) is 2. The van der Waals surface area contributed by atoms with Crippen molar-refractivity contribution in [2.45, 2.75) is 51.0 Å². The van der Waals surface area contributed by atoms with E-state index in [1.165, 1.54) is 19.3 Å². The molecule has 0 atom stereocenters. The van der Waals surface area contributed by atoms with Crippen molar-refractivity contribution in [3.05, 3.63) is 29.8 Å². The van der Waals surface area contributed by atoms with Crippen LogP contribution >= 0.6 is 0 Å². The molecule has 2 amide bonds. The van der Waals surface area contributed by atoms with Crippen LogP contribution < -0.4 is 15.5 Å². The van der Waals surface area contributed by atoms with Gasteiger partial charge in [0.25, 0.3) is 0 Å². The third-order valence-electron chi connectivity index (χ3n) is 5.99. The lowest BCUT2D eigenvalue weighted by Gasteiger charge is -2.56. The predicted molar refractivity (Wildman–Crippen MR) is 97.8 cm³/mol. The highest BCUT2D eigenvalue weighted by molar-refractivity contribution is 5.82. The Morgan fingerprint density at radius 3 is 2.32 bits per heavy atom. The molecule has 5 heteroatoms. The first-order valence-electron chi connectivity index (χ1n) is 9.48. The Hall–Kier alpha value is -2.04. The van der Waals surface area contributed by atoms with Gasteiger partial charge in [0, 0.05) is 5.54 Å². The number of hydrogen-bond acceptors (Lipinski definition) is 3. The van der Waals surface area contributed by atoms with E-state index >= 15 is 0 Å². The van der Waals surface area contributed by atoms with Crippen LogP contribution in [0, 0.1) is 17.8 Å². The van der Waals surface area contributed by atoms with E-state index in [9.17, 15) is 4.79 Å². The molecule has 0 heterocycles. The average molecular weight is 341 g/mol. The number of hydrazone groups is 1. The number of amides is 2. The van der Waals surface area contributed by atoms with Crippen LogP contribution in [-0.4, -0.2) is 24.4 Å². The Balaban J connectivity index is 1.30. The van der Waals surface area contributed by atoms with Gasteiger partial charge >= 0.3 is 6.03 Å². The Morgan fingerprint density at radius 2 is 1.76 bits per heavy atom. The molecule has 1 aromatic rings. The van der Waals surface area contributed by atoms with Gasteiger partial charge in [-0.2, -0.15) is 5.10 Å². The number of carbonyl (C=O) groups excluding carboxylic acids is 1. The Labute approximate surface area is 149 Å². The molecule has 4 aliphatic rings. The lowest BCUT2D eigenvalue weighted by atomic mass is 9.53. The van der Waals surface area contributed by atoms with E-state index in [2.05, 4.69) is 15.8 Å². The van der Waals surface area contributed by atoms with Crippen molar-refractivity contribution in [3.63, 3.8) is 0 Å². The van der Waals surface area contributed by atoms with Crippen molar-refractivity contribution in [2.24, 2.45) is 22.9 Å². The van der Waals surface area contributed by atoms with E-state index in [0.29, 0.717) is 6.61 Å². The SMILES string of the molecule is CCOc1ccc(C=NNC(=O)NC23CC4CC(CC(C4)C2)C3)cc1. The normalized spacial score (nSPS) is 32.8. The van der Waals surface area contributed by atoms with Crippen LogP contribution in [0.25, 0.3) is 0 Å². The van der Waals surface area contributed by atoms with Gasteiger partial charge in [-0.15, -0.1) is 0 Å². The van der Waals surface area contributed by atoms with E-state index in [1.54, 1.807) is 6.21 Å². The molecule has 2 N–H and O–H groups in total. The minimum Gasteiger partial charge on any atom is -0.494 e. The number of hydrogen-bond donors (Lipinski definition) is 2. The maximum absolute atomic E-state index is 12.3.